The molecule has 0 fully saturated rings. The summed E-state index contributed by atoms with van der Waals surface area (Å²) in [6.07, 6.45) is 1.78. The van der Waals surface area contributed by atoms with Gasteiger partial charge in [0.15, 0.2) is 0 Å². The lowest BCUT2D eigenvalue weighted by Gasteiger charge is -2.14. The van der Waals surface area contributed by atoms with Gasteiger partial charge in [0.1, 0.15) is 5.84 Å². The molecule has 0 aliphatic heterocycles. The number of aliphatic hydroxyl groups excluding tert-OH is 1. The SMILES string of the molecule is CCC(O)CCNC(C)CC(N)=NO. The van der Waals surface area contributed by atoms with Crippen LogP contribution in [0.1, 0.15) is 33.1 Å². The lowest BCUT2D eigenvalue weighted by atomic mass is 10.2. The third kappa shape index (κ3) is 6.68. The highest BCUT2D eigenvalue weighted by Gasteiger charge is 2.05. The first-order chi connectivity index (χ1) is 6.60. The summed E-state index contributed by atoms with van der Waals surface area (Å²) in [6.45, 7) is 4.65. The third-order valence-corrected chi connectivity index (χ3v) is 2.09. The van der Waals surface area contributed by atoms with Gasteiger partial charge in [-0.2, -0.15) is 0 Å². The van der Waals surface area contributed by atoms with Crippen molar-refractivity contribution < 1.29 is 10.3 Å². The van der Waals surface area contributed by atoms with Gasteiger partial charge in [-0.05, 0) is 26.3 Å². The number of rotatable bonds is 7. The largest absolute Gasteiger partial charge is 0.409 e. The fourth-order valence-corrected chi connectivity index (χ4v) is 1.13. The summed E-state index contributed by atoms with van der Waals surface area (Å²) in [7, 11) is 0. The molecule has 0 aromatic heterocycles. The van der Waals surface area contributed by atoms with E-state index in [4.69, 9.17) is 10.9 Å². The zero-order valence-electron chi connectivity index (χ0n) is 8.90. The van der Waals surface area contributed by atoms with Gasteiger partial charge in [0, 0.05) is 12.5 Å². The Morgan fingerprint density at radius 3 is 2.71 bits per heavy atom. The maximum Gasteiger partial charge on any atom is 0.140 e. The van der Waals surface area contributed by atoms with Crippen molar-refractivity contribution in [1.29, 1.82) is 0 Å². The van der Waals surface area contributed by atoms with Crippen molar-refractivity contribution in [3.8, 4) is 0 Å². The maximum absolute atomic E-state index is 9.27. The lowest BCUT2D eigenvalue weighted by molar-refractivity contribution is 0.159. The molecule has 2 atom stereocenters. The minimum absolute atomic E-state index is 0.162. The molecule has 0 saturated heterocycles. The van der Waals surface area contributed by atoms with E-state index in [0.717, 1.165) is 19.4 Å². The lowest BCUT2D eigenvalue weighted by Crippen LogP contribution is -2.33. The normalized spacial score (nSPS) is 16.6. The van der Waals surface area contributed by atoms with E-state index in [1.807, 2.05) is 13.8 Å². The molecular weight excluding hydrogens is 182 g/mol. The number of nitrogens with two attached hydrogens (primary N) is 1. The topological polar surface area (TPSA) is 90.9 Å². The number of aliphatic hydroxyl groups is 1. The smallest absolute Gasteiger partial charge is 0.140 e. The molecule has 5 nitrogen and oxygen atoms in total. The van der Waals surface area contributed by atoms with Gasteiger partial charge >= 0.3 is 0 Å². The number of hydrogen-bond donors (Lipinski definition) is 4. The molecule has 0 bridgehead atoms. The molecule has 0 radical (unpaired) electrons. The van der Waals surface area contributed by atoms with Gasteiger partial charge < -0.3 is 21.4 Å². The zero-order chi connectivity index (χ0) is 11.0. The molecule has 0 heterocycles. The molecule has 0 rings (SSSR count). The first-order valence-corrected chi connectivity index (χ1v) is 4.98. The van der Waals surface area contributed by atoms with Crippen LogP contribution in [0.25, 0.3) is 0 Å². The van der Waals surface area contributed by atoms with Gasteiger partial charge in [-0.25, -0.2) is 0 Å². The molecule has 2 unspecified atom stereocenters. The number of nitrogens with one attached hydrogen (secondary N) is 1. The van der Waals surface area contributed by atoms with Crippen molar-refractivity contribution in [3.05, 3.63) is 0 Å². The number of oxime groups is 1. The van der Waals surface area contributed by atoms with Crippen LogP contribution in [-0.4, -0.2) is 34.8 Å². The van der Waals surface area contributed by atoms with E-state index >= 15 is 0 Å². The molecular formula is C9H21N3O2. The maximum atomic E-state index is 9.27. The van der Waals surface area contributed by atoms with Gasteiger partial charge in [-0.1, -0.05) is 12.1 Å². The summed E-state index contributed by atoms with van der Waals surface area (Å²) in [5.41, 5.74) is 5.34. The molecule has 0 aromatic carbocycles. The Balaban J connectivity index is 3.49. The van der Waals surface area contributed by atoms with Crippen molar-refractivity contribution in [2.45, 2.75) is 45.3 Å². The van der Waals surface area contributed by atoms with Crippen molar-refractivity contribution in [3.63, 3.8) is 0 Å². The Morgan fingerprint density at radius 2 is 2.21 bits per heavy atom. The number of amidine groups is 1. The zero-order valence-corrected chi connectivity index (χ0v) is 8.90. The minimum atomic E-state index is -0.237. The fraction of sp³-hybridized carbons (Fsp3) is 0.889. The highest BCUT2D eigenvalue weighted by molar-refractivity contribution is 5.80. The molecule has 84 valence electrons. The molecule has 14 heavy (non-hydrogen) atoms. The van der Waals surface area contributed by atoms with Gasteiger partial charge in [-0.15, -0.1) is 0 Å². The van der Waals surface area contributed by atoms with E-state index < -0.39 is 0 Å². The van der Waals surface area contributed by atoms with E-state index in [-0.39, 0.29) is 18.0 Å². The van der Waals surface area contributed by atoms with Crippen LogP contribution in [0.2, 0.25) is 0 Å². The summed E-state index contributed by atoms with van der Waals surface area (Å²) < 4.78 is 0. The monoisotopic (exact) mass is 203 g/mol. The Kier molecular flexibility index (Phi) is 7.14. The number of hydrogen-bond acceptors (Lipinski definition) is 4. The molecule has 0 aliphatic rings. The van der Waals surface area contributed by atoms with Gasteiger partial charge in [-0.3, -0.25) is 0 Å². The van der Waals surface area contributed by atoms with Gasteiger partial charge in [0.25, 0.3) is 0 Å². The van der Waals surface area contributed by atoms with Crippen molar-refractivity contribution in [2.24, 2.45) is 10.9 Å². The second-order valence-corrected chi connectivity index (χ2v) is 3.50. The highest BCUT2D eigenvalue weighted by atomic mass is 16.4. The average molecular weight is 203 g/mol. The average Bonchev–Trinajstić information content (AvgIpc) is 2.17. The predicted molar refractivity (Wildman–Crippen MR) is 56.4 cm³/mol. The van der Waals surface area contributed by atoms with Crippen molar-refractivity contribution >= 4 is 5.84 Å². The van der Waals surface area contributed by atoms with Crippen LogP contribution in [-0.2, 0) is 0 Å². The van der Waals surface area contributed by atoms with Crippen LogP contribution >= 0.6 is 0 Å². The molecule has 0 aliphatic carbocycles. The summed E-state index contributed by atoms with van der Waals surface area (Å²) in [4.78, 5) is 0. The first kappa shape index (κ1) is 13.2. The molecule has 0 saturated carbocycles. The van der Waals surface area contributed by atoms with Gasteiger partial charge in [0.05, 0.1) is 6.10 Å². The molecule has 0 aromatic rings. The van der Waals surface area contributed by atoms with Crippen LogP contribution < -0.4 is 11.1 Å². The molecule has 0 amide bonds. The second kappa shape index (κ2) is 7.58. The first-order valence-electron chi connectivity index (χ1n) is 4.98. The highest BCUT2D eigenvalue weighted by Crippen LogP contribution is 1.96. The summed E-state index contributed by atoms with van der Waals surface area (Å²) >= 11 is 0. The quantitative estimate of drug-likeness (QED) is 0.207. The second-order valence-electron chi connectivity index (χ2n) is 3.50. The van der Waals surface area contributed by atoms with E-state index in [2.05, 4.69) is 10.5 Å². The van der Waals surface area contributed by atoms with E-state index in [9.17, 15) is 5.11 Å². The van der Waals surface area contributed by atoms with Crippen molar-refractivity contribution in [2.75, 3.05) is 6.54 Å². The standard InChI is InChI=1S/C9H21N3O2/c1-3-8(13)4-5-11-7(2)6-9(10)12-14/h7-8,11,13-14H,3-6H2,1-2H3,(H2,10,12). The predicted octanol–water partition coefficient (Wildman–Crippen LogP) is 0.262. The van der Waals surface area contributed by atoms with Gasteiger partial charge in [0.2, 0.25) is 0 Å². The van der Waals surface area contributed by atoms with E-state index in [1.165, 1.54) is 0 Å². The summed E-state index contributed by atoms with van der Waals surface area (Å²) in [5.74, 6) is 0.223. The van der Waals surface area contributed by atoms with Crippen molar-refractivity contribution in [1.82, 2.24) is 5.32 Å². The third-order valence-electron chi connectivity index (χ3n) is 2.09. The van der Waals surface area contributed by atoms with Crippen LogP contribution in [0.5, 0.6) is 0 Å². The van der Waals surface area contributed by atoms with Crippen LogP contribution in [0.4, 0.5) is 0 Å². The molecule has 0 spiro atoms. The van der Waals surface area contributed by atoms with E-state index in [1.54, 1.807) is 0 Å². The van der Waals surface area contributed by atoms with E-state index in [0.29, 0.717) is 6.42 Å². The molecule has 5 N–H and O–H groups in total. The van der Waals surface area contributed by atoms with Crippen LogP contribution in [0.3, 0.4) is 0 Å². The molecule has 5 heteroatoms. The fourth-order valence-electron chi connectivity index (χ4n) is 1.13. The van der Waals surface area contributed by atoms with Crippen LogP contribution in [0.15, 0.2) is 5.16 Å². The Morgan fingerprint density at radius 1 is 1.57 bits per heavy atom. The summed E-state index contributed by atoms with van der Waals surface area (Å²) in [5, 5.41) is 23.7. The Hall–Kier alpha value is -0.810. The minimum Gasteiger partial charge on any atom is -0.409 e. The van der Waals surface area contributed by atoms with Crippen LogP contribution in [0, 0.1) is 0 Å². The Bertz CT molecular complexity index is 173. The Labute approximate surface area is 85.0 Å². The number of nitrogens with zero attached hydrogens (tertiary/aromatic N) is 1. The summed E-state index contributed by atoms with van der Waals surface area (Å²) in [6, 6.07) is 0.162.